The third-order valence-corrected chi connectivity index (χ3v) is 0. The SMILES string of the molecule is CS(F)(F)(F)(F)I. The lowest BCUT2D eigenvalue weighted by Gasteiger charge is -2.38. The zero-order valence-electron chi connectivity index (χ0n) is 3.30. The van der Waals surface area contributed by atoms with Gasteiger partial charge in [-0.2, -0.15) is 0 Å². The summed E-state index contributed by atoms with van der Waals surface area (Å²) >= 11 is -0.103. The third kappa shape index (κ3) is 245. The topological polar surface area (TPSA) is 0 Å². The van der Waals surface area contributed by atoms with Gasteiger partial charge in [-0.15, -0.1) is 15.5 Å². The second kappa shape index (κ2) is 0.916. The predicted octanol–water partition coefficient (Wildman–Crippen LogP) is 3.38. The highest BCUT2D eigenvalue weighted by molar-refractivity contribution is 14.2. The van der Waals surface area contributed by atoms with E-state index < -0.39 is 7.01 Å². The maximum absolute atomic E-state index is 11.2. The largest absolute Gasteiger partial charge is 0.203 e. The van der Waals surface area contributed by atoms with Gasteiger partial charge in [0.05, 0.1) is 27.5 Å². The zero-order chi connectivity index (χ0) is 6.41. The molecule has 0 atom stereocenters. The van der Waals surface area contributed by atoms with E-state index >= 15 is 0 Å². The molecule has 0 N–H and O–H groups in total. The fraction of sp³-hybridized carbons (Fsp3) is 1.00. The Kier molecular flexibility index (Phi) is 1.02. The Bertz CT molecular complexity index is 70.3. The Balaban J connectivity index is 4.43. The van der Waals surface area contributed by atoms with Crippen LogP contribution in [0.2, 0.25) is 0 Å². The van der Waals surface area contributed by atoms with Gasteiger partial charge >= 0.3 is 0 Å². The summed E-state index contributed by atoms with van der Waals surface area (Å²) in [6.45, 7) is 0. The summed E-state index contributed by atoms with van der Waals surface area (Å²) in [5.74, 6) is 0. The molecule has 0 aliphatic heterocycles. The monoisotopic (exact) mass is 250 g/mol. The summed E-state index contributed by atoms with van der Waals surface area (Å²) in [6.07, 6.45) is -0.333. The Morgan fingerprint density at radius 2 is 1.14 bits per heavy atom. The Hall–Kier alpha value is 0.800. The van der Waals surface area contributed by atoms with Crippen molar-refractivity contribution in [3.63, 3.8) is 0 Å². The molecule has 0 aliphatic rings. The van der Waals surface area contributed by atoms with Crippen molar-refractivity contribution < 1.29 is 15.5 Å². The Labute approximate surface area is 50.3 Å². The van der Waals surface area contributed by atoms with Gasteiger partial charge in [-0.25, -0.2) is 0 Å². The molecule has 0 unspecified atom stereocenters. The van der Waals surface area contributed by atoms with E-state index in [1.165, 1.54) is 0 Å². The van der Waals surface area contributed by atoms with Crippen molar-refractivity contribution >= 4 is 28.2 Å². The number of hydrogen-bond donors (Lipinski definition) is 0. The summed E-state index contributed by atoms with van der Waals surface area (Å²) < 4.78 is 44.7. The quantitative estimate of drug-likeness (QED) is 0.456. The first kappa shape index (κ1) is 7.80. The maximum atomic E-state index is 11.2. The average molecular weight is 250 g/mol. The van der Waals surface area contributed by atoms with Gasteiger partial charge < -0.3 is 0 Å². The van der Waals surface area contributed by atoms with E-state index in [1.54, 1.807) is 0 Å². The van der Waals surface area contributed by atoms with Gasteiger partial charge in [0.25, 0.3) is 0 Å². The molecule has 48 valence electrons. The van der Waals surface area contributed by atoms with E-state index in [9.17, 15) is 15.5 Å². The van der Waals surface area contributed by atoms with Crippen molar-refractivity contribution in [3.05, 3.63) is 0 Å². The van der Waals surface area contributed by atoms with Crippen molar-refractivity contribution in [1.82, 2.24) is 0 Å². The normalized spacial score (nSPS) is 23.1. The van der Waals surface area contributed by atoms with E-state index in [0.717, 1.165) is 0 Å². The average Bonchev–Trinajstić information content (AvgIpc) is 0.592. The van der Waals surface area contributed by atoms with Crippen LogP contribution < -0.4 is 0 Å². The zero-order valence-corrected chi connectivity index (χ0v) is 6.27. The molecule has 7 heavy (non-hydrogen) atoms. The van der Waals surface area contributed by atoms with Crippen LogP contribution >= 0.6 is 28.2 Å². The van der Waals surface area contributed by atoms with Crippen LogP contribution in [-0.2, 0) is 0 Å². The van der Waals surface area contributed by atoms with Crippen LogP contribution in [0.4, 0.5) is 15.5 Å². The van der Waals surface area contributed by atoms with Gasteiger partial charge in [-0.05, 0) is 0 Å². The summed E-state index contributed by atoms with van der Waals surface area (Å²) in [7, 11) is -7.50. The fourth-order valence-electron chi connectivity index (χ4n) is 0. The molecule has 0 spiro atoms. The van der Waals surface area contributed by atoms with Crippen LogP contribution in [0.1, 0.15) is 0 Å². The first-order chi connectivity index (χ1) is 2.45. The highest BCUT2D eigenvalue weighted by Crippen LogP contribution is 2.99. The Morgan fingerprint density at radius 1 is 1.14 bits per heavy atom. The van der Waals surface area contributed by atoms with Gasteiger partial charge in [0.1, 0.15) is 0 Å². The lowest BCUT2D eigenvalue weighted by Crippen LogP contribution is -1.95. The minimum Gasteiger partial charge on any atom is -0.117 e. The number of rotatable bonds is 0. The lowest BCUT2D eigenvalue weighted by molar-refractivity contribution is 0.503. The molecule has 0 saturated carbocycles. The third-order valence-electron chi connectivity index (χ3n) is 0. The molecule has 0 aromatic heterocycles. The number of hydrogen-bond acceptors (Lipinski definition) is 0. The van der Waals surface area contributed by atoms with E-state index in [-0.39, 0.29) is 27.5 Å². The van der Waals surface area contributed by atoms with Crippen molar-refractivity contribution in [2.75, 3.05) is 6.26 Å². The highest BCUT2D eigenvalue weighted by Gasteiger charge is 2.53. The molecule has 0 aromatic carbocycles. The summed E-state index contributed by atoms with van der Waals surface area (Å²) in [6, 6.07) is 0. The standard InChI is InChI=1S/CH3F4IS/c1-7(2,3,4,5)6/h1H3. The first-order valence-electron chi connectivity index (χ1n) is 1.18. The van der Waals surface area contributed by atoms with Crippen LogP contribution in [0.25, 0.3) is 0 Å². The summed E-state index contributed by atoms with van der Waals surface area (Å²) in [4.78, 5) is 0. The van der Waals surface area contributed by atoms with Crippen LogP contribution in [0.15, 0.2) is 0 Å². The van der Waals surface area contributed by atoms with Crippen molar-refractivity contribution in [2.45, 2.75) is 0 Å². The molecular formula is CH3F4IS. The molecular weight excluding hydrogens is 247 g/mol. The summed E-state index contributed by atoms with van der Waals surface area (Å²) in [5, 5.41) is 0. The number of halogens is 5. The molecule has 0 rings (SSSR count). The van der Waals surface area contributed by atoms with Crippen LogP contribution in [-0.4, -0.2) is 6.26 Å². The smallest absolute Gasteiger partial charge is 0.117 e. The van der Waals surface area contributed by atoms with Gasteiger partial charge in [0.2, 0.25) is 7.01 Å². The van der Waals surface area contributed by atoms with Crippen LogP contribution in [0, 0.1) is 0 Å². The maximum Gasteiger partial charge on any atom is 0.203 e. The molecule has 6 heteroatoms. The minimum atomic E-state index is -7.50. The van der Waals surface area contributed by atoms with Crippen molar-refractivity contribution in [3.8, 4) is 0 Å². The summed E-state index contributed by atoms with van der Waals surface area (Å²) in [5.41, 5.74) is 0. The van der Waals surface area contributed by atoms with Gasteiger partial charge in [0, 0.05) is 0 Å². The fourth-order valence-corrected chi connectivity index (χ4v) is 0. The molecule has 0 bridgehead atoms. The van der Waals surface area contributed by atoms with Crippen molar-refractivity contribution in [1.29, 1.82) is 0 Å². The minimum absolute atomic E-state index is 0.103. The second-order valence-corrected chi connectivity index (χ2v) is 10.7. The molecule has 0 radical (unpaired) electrons. The first-order valence-corrected chi connectivity index (χ1v) is 6.18. The molecule has 0 fully saturated rings. The highest BCUT2D eigenvalue weighted by atomic mass is 127. The van der Waals surface area contributed by atoms with E-state index in [0.29, 0.717) is 0 Å². The van der Waals surface area contributed by atoms with E-state index in [2.05, 4.69) is 0 Å². The van der Waals surface area contributed by atoms with Crippen LogP contribution in [0.3, 0.4) is 0 Å². The van der Waals surface area contributed by atoms with Gasteiger partial charge in [-0.1, -0.05) is 0 Å². The van der Waals surface area contributed by atoms with Crippen molar-refractivity contribution in [2.24, 2.45) is 0 Å². The molecule has 0 nitrogen and oxygen atoms in total. The van der Waals surface area contributed by atoms with Gasteiger partial charge in [0.15, 0.2) is 0 Å². The van der Waals surface area contributed by atoms with Gasteiger partial charge in [-0.3, -0.25) is 0 Å². The van der Waals surface area contributed by atoms with Crippen LogP contribution in [0.5, 0.6) is 0 Å². The Morgan fingerprint density at radius 3 is 1.14 bits per heavy atom. The molecule has 0 amide bonds. The molecule has 0 heterocycles. The second-order valence-electron chi connectivity index (χ2n) is 1.35. The molecule has 0 saturated heterocycles. The molecule has 0 aromatic rings. The van der Waals surface area contributed by atoms with E-state index in [4.69, 9.17) is 0 Å². The lowest BCUT2D eigenvalue weighted by atomic mass is 12.0. The predicted molar refractivity (Wildman–Crippen MR) is 32.0 cm³/mol. The molecule has 0 aliphatic carbocycles. The van der Waals surface area contributed by atoms with E-state index in [1.807, 2.05) is 0 Å².